The van der Waals surface area contributed by atoms with Crippen LogP contribution in [0, 0.1) is 30.6 Å². The number of carbonyl (C=O) groups is 4. The molecule has 9 rings (SSSR count). The van der Waals surface area contributed by atoms with Crippen LogP contribution in [0.2, 0.25) is 0 Å². The van der Waals surface area contributed by atoms with Crippen molar-refractivity contribution in [3.05, 3.63) is 119 Å². The number of nitrogens with zero attached hydrogens (tertiary/aromatic N) is 3. The highest BCUT2D eigenvalue weighted by atomic mass is 16.5. The van der Waals surface area contributed by atoms with Gasteiger partial charge in [0.2, 0.25) is 11.8 Å². The molecule has 0 aromatic heterocycles. The lowest BCUT2D eigenvalue weighted by atomic mass is 9.49. The van der Waals surface area contributed by atoms with E-state index in [0.717, 1.165) is 29.3 Å². The van der Waals surface area contributed by atoms with Gasteiger partial charge in [0.25, 0.3) is 11.8 Å². The van der Waals surface area contributed by atoms with E-state index in [0.29, 0.717) is 47.0 Å². The van der Waals surface area contributed by atoms with Gasteiger partial charge in [0.1, 0.15) is 17.2 Å². The molecule has 12 nitrogen and oxygen atoms in total. The van der Waals surface area contributed by atoms with E-state index in [1.807, 2.05) is 79.7 Å². The largest absolute Gasteiger partial charge is 0.507 e. The third kappa shape index (κ3) is 5.60. The van der Waals surface area contributed by atoms with Gasteiger partial charge in [0, 0.05) is 42.4 Å². The Balaban J connectivity index is 1.19. The first-order valence-corrected chi connectivity index (χ1v) is 19.4. The Bertz CT molecular complexity index is 2290. The molecule has 4 fully saturated rings. The number of imide groups is 2. The minimum Gasteiger partial charge on any atom is -0.507 e. The summed E-state index contributed by atoms with van der Waals surface area (Å²) in [6.45, 7) is 4.72. The fourth-order valence-corrected chi connectivity index (χ4v) is 10.1. The molecule has 4 aromatic carbocycles. The number of rotatable bonds is 8. The lowest BCUT2D eigenvalue weighted by Crippen LogP contribution is -2.53. The zero-order chi connectivity index (χ0) is 39.6. The molecule has 0 bridgehead atoms. The second-order valence-corrected chi connectivity index (χ2v) is 15.5. The Morgan fingerprint density at radius 3 is 2.19 bits per heavy atom. The standard InChI is InChI=1S/C45H44N4O8/c1-26-9-11-28(12-10-26)46-49-42(52)35-25-34-32(17-18-33-38(34)43(53)48(41(33)51)30-15-13-29(14-16-30)47-19-21-57-22-20-47)40(39-36(50)23-31(55-2)24-37(39)56-3)45(35,44(49)54)27-7-5-4-6-8-27/h4-17,23-24,33-35,38,40,46,50H,18-22,25H2,1-3H3/t33-,34+,35-,38-,40+,45+/m0/s1. The second-order valence-electron chi connectivity index (χ2n) is 15.5. The highest BCUT2D eigenvalue weighted by Crippen LogP contribution is 2.66. The maximum Gasteiger partial charge on any atom is 0.260 e. The van der Waals surface area contributed by atoms with Crippen LogP contribution < -0.4 is 24.7 Å². The van der Waals surface area contributed by atoms with Crippen LogP contribution in [0.15, 0.2) is 103 Å². The molecule has 0 spiro atoms. The van der Waals surface area contributed by atoms with Gasteiger partial charge in [-0.05, 0) is 67.6 Å². The maximum atomic E-state index is 15.5. The number of aryl methyl sites for hydroxylation is 1. The first-order valence-electron chi connectivity index (χ1n) is 19.4. The Kier molecular flexibility index (Phi) is 9.03. The van der Waals surface area contributed by atoms with Crippen LogP contribution in [0.5, 0.6) is 17.2 Å². The van der Waals surface area contributed by atoms with E-state index >= 15 is 9.59 Å². The van der Waals surface area contributed by atoms with E-state index in [9.17, 15) is 14.7 Å². The molecule has 3 heterocycles. The van der Waals surface area contributed by atoms with Crippen molar-refractivity contribution in [2.24, 2.45) is 23.7 Å². The smallest absolute Gasteiger partial charge is 0.260 e. The predicted octanol–water partition coefficient (Wildman–Crippen LogP) is 5.74. The third-order valence-corrected chi connectivity index (χ3v) is 12.7. The van der Waals surface area contributed by atoms with E-state index in [1.54, 1.807) is 18.2 Å². The summed E-state index contributed by atoms with van der Waals surface area (Å²) in [5.41, 5.74) is 6.16. The van der Waals surface area contributed by atoms with E-state index in [1.165, 1.54) is 25.2 Å². The number of allylic oxidation sites excluding steroid dienone is 2. The molecule has 3 saturated heterocycles. The van der Waals surface area contributed by atoms with Gasteiger partial charge in [-0.1, -0.05) is 59.7 Å². The number of phenolic OH excluding ortho intramolecular Hbond substituents is 1. The lowest BCUT2D eigenvalue weighted by molar-refractivity contribution is -0.138. The van der Waals surface area contributed by atoms with Crippen LogP contribution >= 0.6 is 0 Å². The zero-order valence-electron chi connectivity index (χ0n) is 32.0. The van der Waals surface area contributed by atoms with Crippen LogP contribution in [0.1, 0.15) is 35.4 Å². The van der Waals surface area contributed by atoms with Gasteiger partial charge in [0.15, 0.2) is 0 Å². The minimum absolute atomic E-state index is 0.122. The van der Waals surface area contributed by atoms with E-state index in [-0.39, 0.29) is 36.2 Å². The summed E-state index contributed by atoms with van der Waals surface area (Å²) in [5, 5.41) is 13.1. The summed E-state index contributed by atoms with van der Waals surface area (Å²) in [4.78, 5) is 63.1. The topological polar surface area (TPSA) is 138 Å². The minimum atomic E-state index is -1.58. The average Bonchev–Trinajstić information content (AvgIpc) is 3.62. The molecule has 292 valence electrons. The van der Waals surface area contributed by atoms with Crippen molar-refractivity contribution in [2.45, 2.75) is 31.1 Å². The molecule has 0 unspecified atom stereocenters. The quantitative estimate of drug-likeness (QED) is 0.169. The summed E-state index contributed by atoms with van der Waals surface area (Å²) >= 11 is 0. The van der Waals surface area contributed by atoms with E-state index in [4.69, 9.17) is 14.2 Å². The second kappa shape index (κ2) is 14.1. The number of benzene rings is 4. The van der Waals surface area contributed by atoms with Gasteiger partial charge in [-0.2, -0.15) is 5.01 Å². The molecule has 3 aliphatic heterocycles. The first-order chi connectivity index (χ1) is 27.7. The van der Waals surface area contributed by atoms with Gasteiger partial charge in [0.05, 0.1) is 62.0 Å². The van der Waals surface area contributed by atoms with Gasteiger partial charge >= 0.3 is 0 Å². The number of nitrogens with one attached hydrogen (secondary N) is 1. The van der Waals surface area contributed by atoms with E-state index in [2.05, 4.69) is 10.3 Å². The fourth-order valence-electron chi connectivity index (χ4n) is 10.1. The van der Waals surface area contributed by atoms with Crippen LogP contribution in [-0.4, -0.2) is 74.3 Å². The zero-order valence-corrected chi connectivity index (χ0v) is 32.0. The third-order valence-electron chi connectivity index (χ3n) is 12.7. The molecular formula is C45H44N4O8. The Morgan fingerprint density at radius 1 is 0.807 bits per heavy atom. The molecule has 1 saturated carbocycles. The fraction of sp³-hybridized carbons (Fsp3) is 0.333. The number of hydrogen-bond acceptors (Lipinski definition) is 10. The van der Waals surface area contributed by atoms with Crippen molar-refractivity contribution in [2.75, 3.05) is 55.7 Å². The van der Waals surface area contributed by atoms with Gasteiger partial charge in [-0.3, -0.25) is 29.5 Å². The molecule has 0 radical (unpaired) electrons. The number of methoxy groups -OCH3 is 2. The van der Waals surface area contributed by atoms with Crippen LogP contribution in [0.3, 0.4) is 0 Å². The summed E-state index contributed by atoms with van der Waals surface area (Å²) in [7, 11) is 2.96. The number of ether oxygens (including phenoxy) is 3. The van der Waals surface area contributed by atoms with Crippen LogP contribution in [0.4, 0.5) is 17.1 Å². The monoisotopic (exact) mass is 768 g/mol. The molecule has 4 aromatic rings. The van der Waals surface area contributed by atoms with Crippen molar-refractivity contribution < 1.29 is 38.5 Å². The first kappa shape index (κ1) is 36.5. The Morgan fingerprint density at radius 2 is 1.51 bits per heavy atom. The normalized spacial score (nSPS) is 26.8. The highest BCUT2D eigenvalue weighted by molar-refractivity contribution is 6.22. The van der Waals surface area contributed by atoms with Crippen LogP contribution in [-0.2, 0) is 29.3 Å². The summed E-state index contributed by atoms with van der Waals surface area (Å²) in [6, 6.07) is 27.2. The van der Waals surface area contributed by atoms with Crippen molar-refractivity contribution >= 4 is 40.7 Å². The molecule has 2 aliphatic carbocycles. The molecular weight excluding hydrogens is 725 g/mol. The molecule has 5 aliphatic rings. The lowest BCUT2D eigenvalue weighted by Gasteiger charge is -2.50. The number of hydrazine groups is 1. The molecule has 12 heteroatoms. The van der Waals surface area contributed by atoms with Crippen molar-refractivity contribution in [1.29, 1.82) is 0 Å². The molecule has 4 amide bonds. The van der Waals surface area contributed by atoms with Gasteiger partial charge < -0.3 is 24.2 Å². The predicted molar refractivity (Wildman–Crippen MR) is 212 cm³/mol. The SMILES string of the molecule is COc1cc(O)c([C@H]2C3=CC[C@@H]4C(=O)N(c5ccc(N6CCOCC6)cc5)C(=O)[C@@H]4[C@@H]3C[C@H]3C(=O)N(Nc4ccc(C)cc4)C(=O)[C@@]23c2ccccc2)c(OC)c1. The summed E-state index contributed by atoms with van der Waals surface area (Å²) in [6.07, 6.45) is 2.32. The molecule has 6 atom stereocenters. The van der Waals surface area contributed by atoms with Gasteiger partial charge in [-0.25, -0.2) is 0 Å². The van der Waals surface area contributed by atoms with Crippen molar-refractivity contribution in [1.82, 2.24) is 5.01 Å². The molecule has 2 N–H and O–H groups in total. The van der Waals surface area contributed by atoms with Crippen molar-refractivity contribution in [3.63, 3.8) is 0 Å². The highest BCUT2D eigenvalue weighted by Gasteiger charge is 2.71. The van der Waals surface area contributed by atoms with Crippen LogP contribution in [0.25, 0.3) is 0 Å². The number of phenols is 1. The number of morpholine rings is 1. The molecule has 57 heavy (non-hydrogen) atoms. The summed E-state index contributed by atoms with van der Waals surface area (Å²) < 4.78 is 17.0. The van der Waals surface area contributed by atoms with E-state index < -0.39 is 46.8 Å². The van der Waals surface area contributed by atoms with Gasteiger partial charge in [-0.15, -0.1) is 0 Å². The summed E-state index contributed by atoms with van der Waals surface area (Å²) in [5.74, 6) is -5.25. The van der Waals surface area contributed by atoms with Crippen molar-refractivity contribution in [3.8, 4) is 17.2 Å². The Hall–Kier alpha value is -6.14. The number of anilines is 3. The number of fused-ring (bicyclic) bond motifs is 4. The average molecular weight is 769 g/mol. The maximum absolute atomic E-state index is 15.5. The number of aromatic hydroxyl groups is 1. The Labute approximate surface area is 330 Å². The number of carbonyl (C=O) groups excluding carboxylic acids is 4. The number of amides is 4. The number of hydrogen-bond donors (Lipinski definition) is 2.